The van der Waals surface area contributed by atoms with Crippen LogP contribution in [0.25, 0.3) is 0 Å². The molecule has 1 aliphatic rings. The topological polar surface area (TPSA) is 57.6 Å². The monoisotopic (exact) mass is 361 g/mol. The van der Waals surface area contributed by atoms with Gasteiger partial charge in [-0.05, 0) is 22.9 Å². The molecule has 0 saturated carbocycles. The van der Waals surface area contributed by atoms with Crippen molar-refractivity contribution >= 4 is 34.4 Å². The number of thiophene rings is 2. The third-order valence-corrected chi connectivity index (χ3v) is 5.73. The second kappa shape index (κ2) is 6.18. The molecule has 0 aliphatic carbocycles. The van der Waals surface area contributed by atoms with Gasteiger partial charge in [-0.25, -0.2) is 0 Å². The maximum absolute atomic E-state index is 12.9. The van der Waals surface area contributed by atoms with Gasteiger partial charge in [-0.1, -0.05) is 32.9 Å². The summed E-state index contributed by atoms with van der Waals surface area (Å²) in [5.74, 6) is -1.08. The Balaban J connectivity index is 2.06. The van der Waals surface area contributed by atoms with E-state index in [4.69, 9.17) is 0 Å². The van der Waals surface area contributed by atoms with E-state index in [0.717, 1.165) is 9.75 Å². The molecule has 1 N–H and O–H groups in total. The minimum atomic E-state index is -0.669. The molecule has 0 spiro atoms. The smallest absolute Gasteiger partial charge is 0.290 e. The van der Waals surface area contributed by atoms with E-state index in [1.807, 2.05) is 35.0 Å². The van der Waals surface area contributed by atoms with Crippen LogP contribution < -0.4 is 0 Å². The first kappa shape index (κ1) is 16.9. The molecule has 3 rings (SSSR count). The second-order valence-electron chi connectivity index (χ2n) is 6.77. The highest BCUT2D eigenvalue weighted by molar-refractivity contribution is 7.10. The van der Waals surface area contributed by atoms with Gasteiger partial charge in [0.2, 0.25) is 0 Å². The number of aliphatic hydroxyl groups is 1. The molecule has 2 aromatic rings. The number of Topliss-reactive ketones (excluding diaryl/α,β-unsaturated/α-hetero) is 1. The molecule has 0 saturated heterocycles. The molecule has 1 aliphatic heterocycles. The van der Waals surface area contributed by atoms with Crippen LogP contribution in [-0.4, -0.2) is 21.7 Å². The molecule has 0 bridgehead atoms. The highest BCUT2D eigenvalue weighted by atomic mass is 32.1. The Hall–Kier alpha value is -1.92. The lowest BCUT2D eigenvalue weighted by molar-refractivity contribution is -0.129. The molecular weight excluding hydrogens is 342 g/mol. The van der Waals surface area contributed by atoms with Crippen molar-refractivity contribution in [3.8, 4) is 0 Å². The summed E-state index contributed by atoms with van der Waals surface area (Å²) >= 11 is 3.04. The Bertz CT molecular complexity index is 783. The first-order valence-electron chi connectivity index (χ1n) is 7.65. The zero-order valence-corrected chi connectivity index (χ0v) is 15.4. The van der Waals surface area contributed by atoms with Gasteiger partial charge in [-0.15, -0.1) is 22.7 Å². The Morgan fingerprint density at radius 1 is 1.21 bits per heavy atom. The molecule has 1 unspecified atom stereocenters. The molecule has 3 heterocycles. The fourth-order valence-corrected chi connectivity index (χ4v) is 4.31. The second-order valence-corrected chi connectivity index (χ2v) is 8.78. The summed E-state index contributed by atoms with van der Waals surface area (Å²) in [5.41, 5.74) is -0.454. The van der Waals surface area contributed by atoms with Gasteiger partial charge in [0.05, 0.1) is 18.2 Å². The molecule has 0 fully saturated rings. The SMILES string of the molecule is CC(C)(C)C(=O)C1=C(O)C(=O)N(Cc2cccs2)C1c1cccs1. The van der Waals surface area contributed by atoms with E-state index in [9.17, 15) is 14.7 Å². The van der Waals surface area contributed by atoms with E-state index in [1.54, 1.807) is 37.0 Å². The third kappa shape index (κ3) is 2.91. The largest absolute Gasteiger partial charge is 0.503 e. The van der Waals surface area contributed by atoms with Crippen molar-refractivity contribution in [3.05, 3.63) is 56.1 Å². The average molecular weight is 361 g/mol. The number of ketones is 1. The van der Waals surface area contributed by atoms with Gasteiger partial charge in [0.1, 0.15) is 0 Å². The zero-order valence-electron chi connectivity index (χ0n) is 13.8. The molecular formula is C18H19NO3S2. The fraction of sp³-hybridized carbons (Fsp3) is 0.333. The van der Waals surface area contributed by atoms with E-state index in [2.05, 4.69) is 0 Å². The number of hydrogen-bond acceptors (Lipinski definition) is 5. The summed E-state index contributed by atoms with van der Waals surface area (Å²) in [5, 5.41) is 14.3. The summed E-state index contributed by atoms with van der Waals surface area (Å²) < 4.78 is 0. The Morgan fingerprint density at radius 2 is 1.88 bits per heavy atom. The summed E-state index contributed by atoms with van der Waals surface area (Å²) in [4.78, 5) is 29.0. The van der Waals surface area contributed by atoms with Crippen molar-refractivity contribution in [2.75, 3.05) is 0 Å². The normalized spacial score (nSPS) is 18.5. The minimum absolute atomic E-state index is 0.194. The van der Waals surface area contributed by atoms with E-state index >= 15 is 0 Å². The van der Waals surface area contributed by atoms with Gasteiger partial charge in [0.15, 0.2) is 11.5 Å². The predicted molar refractivity (Wildman–Crippen MR) is 96.0 cm³/mol. The van der Waals surface area contributed by atoms with E-state index in [0.29, 0.717) is 6.54 Å². The van der Waals surface area contributed by atoms with Crippen LogP contribution in [-0.2, 0) is 16.1 Å². The van der Waals surface area contributed by atoms with E-state index in [-0.39, 0.29) is 11.4 Å². The fourth-order valence-electron chi connectivity index (χ4n) is 2.77. The lowest BCUT2D eigenvalue weighted by atomic mass is 9.83. The summed E-state index contributed by atoms with van der Waals surface area (Å²) in [6.45, 7) is 5.78. The molecule has 24 heavy (non-hydrogen) atoms. The Morgan fingerprint density at radius 3 is 2.42 bits per heavy atom. The van der Waals surface area contributed by atoms with Crippen LogP contribution in [0.1, 0.15) is 36.6 Å². The molecule has 0 radical (unpaired) electrons. The Kier molecular flexibility index (Phi) is 4.36. The number of hydrogen-bond donors (Lipinski definition) is 1. The quantitative estimate of drug-likeness (QED) is 0.882. The highest BCUT2D eigenvalue weighted by Crippen LogP contribution is 2.43. The lowest BCUT2D eigenvalue weighted by Crippen LogP contribution is -2.31. The van der Waals surface area contributed by atoms with Crippen LogP contribution in [0.15, 0.2) is 46.4 Å². The van der Waals surface area contributed by atoms with Crippen molar-refractivity contribution < 1.29 is 14.7 Å². The van der Waals surface area contributed by atoms with Crippen LogP contribution in [0.2, 0.25) is 0 Å². The zero-order chi connectivity index (χ0) is 17.5. The number of amides is 1. The predicted octanol–water partition coefficient (Wildman–Crippen LogP) is 4.32. The maximum atomic E-state index is 12.9. The summed E-state index contributed by atoms with van der Waals surface area (Å²) in [7, 11) is 0. The van der Waals surface area contributed by atoms with E-state index in [1.165, 1.54) is 11.3 Å². The number of carbonyl (C=O) groups is 2. The van der Waals surface area contributed by atoms with Crippen molar-refractivity contribution in [1.29, 1.82) is 0 Å². The molecule has 4 nitrogen and oxygen atoms in total. The first-order chi connectivity index (χ1) is 11.3. The van der Waals surface area contributed by atoms with Crippen molar-refractivity contribution in [2.45, 2.75) is 33.4 Å². The summed E-state index contributed by atoms with van der Waals surface area (Å²) in [6, 6.07) is 7.14. The number of aliphatic hydroxyl groups excluding tert-OH is 1. The molecule has 126 valence electrons. The van der Waals surface area contributed by atoms with Crippen molar-refractivity contribution in [1.82, 2.24) is 4.90 Å². The third-order valence-electron chi connectivity index (χ3n) is 3.95. The Labute approximate surface area is 149 Å². The van der Waals surface area contributed by atoms with Gasteiger partial charge >= 0.3 is 0 Å². The van der Waals surface area contributed by atoms with Crippen LogP contribution in [0, 0.1) is 5.41 Å². The number of carbonyl (C=O) groups excluding carboxylic acids is 2. The van der Waals surface area contributed by atoms with Crippen molar-refractivity contribution in [2.24, 2.45) is 5.41 Å². The summed E-state index contributed by atoms with van der Waals surface area (Å²) in [6.07, 6.45) is 0. The minimum Gasteiger partial charge on any atom is -0.503 e. The van der Waals surface area contributed by atoms with Crippen LogP contribution in [0.3, 0.4) is 0 Å². The lowest BCUT2D eigenvalue weighted by Gasteiger charge is -2.27. The maximum Gasteiger partial charge on any atom is 0.290 e. The van der Waals surface area contributed by atoms with Gasteiger partial charge in [0.25, 0.3) is 5.91 Å². The molecule has 1 amide bonds. The van der Waals surface area contributed by atoms with Crippen LogP contribution >= 0.6 is 22.7 Å². The average Bonchev–Trinajstić information content (AvgIpc) is 3.23. The standard InChI is InChI=1S/C18H19NO3S2/c1-18(2,3)16(21)13-14(12-7-5-9-24-12)19(17(22)15(13)20)10-11-6-4-8-23-11/h4-9,14,20H,10H2,1-3H3. The first-order valence-corrected chi connectivity index (χ1v) is 9.41. The number of rotatable bonds is 4. The molecule has 1 atom stereocenters. The van der Waals surface area contributed by atoms with Crippen LogP contribution in [0.4, 0.5) is 0 Å². The van der Waals surface area contributed by atoms with Gasteiger partial charge in [-0.2, -0.15) is 0 Å². The van der Waals surface area contributed by atoms with Gasteiger partial charge in [-0.3, -0.25) is 9.59 Å². The van der Waals surface area contributed by atoms with Crippen molar-refractivity contribution in [3.63, 3.8) is 0 Å². The molecule has 2 aromatic heterocycles. The van der Waals surface area contributed by atoms with Gasteiger partial charge < -0.3 is 10.0 Å². The van der Waals surface area contributed by atoms with E-state index < -0.39 is 23.1 Å². The van der Waals surface area contributed by atoms with Crippen LogP contribution in [0.5, 0.6) is 0 Å². The molecule has 6 heteroatoms. The highest BCUT2D eigenvalue weighted by Gasteiger charge is 2.46. The molecule has 0 aromatic carbocycles. The van der Waals surface area contributed by atoms with Gasteiger partial charge in [0, 0.05) is 15.2 Å². The number of nitrogens with zero attached hydrogens (tertiary/aromatic N) is 1.